The number of hydrogen-bond acceptors (Lipinski definition) is 6. The maximum atomic E-state index is 12.3. The summed E-state index contributed by atoms with van der Waals surface area (Å²) in [5.74, 6) is 0.800. The third-order valence-corrected chi connectivity index (χ3v) is 9.36. The lowest BCUT2D eigenvalue weighted by Crippen LogP contribution is -2.72. The zero-order valence-electron chi connectivity index (χ0n) is 25.1. The summed E-state index contributed by atoms with van der Waals surface area (Å²) in [6, 6.07) is 20.0. The molecule has 6 rings (SSSR count). The molecule has 0 saturated carbocycles. The van der Waals surface area contributed by atoms with Gasteiger partial charge >= 0.3 is 6.09 Å². The van der Waals surface area contributed by atoms with Crippen LogP contribution in [-0.2, 0) is 28.2 Å². The third kappa shape index (κ3) is 5.43. The van der Waals surface area contributed by atoms with Gasteiger partial charge in [0.05, 0.1) is 15.9 Å². The smallest absolute Gasteiger partial charge is 0.410 e. The molecule has 1 amide bonds. The van der Waals surface area contributed by atoms with Gasteiger partial charge in [-0.2, -0.15) is 0 Å². The zero-order chi connectivity index (χ0) is 30.0. The molecule has 3 heterocycles. The van der Waals surface area contributed by atoms with Crippen molar-refractivity contribution < 1.29 is 17.9 Å². The first-order valence-electron chi connectivity index (χ1n) is 14.3. The summed E-state index contributed by atoms with van der Waals surface area (Å²) in [4.78, 5) is 21.7. The zero-order valence-corrected chi connectivity index (χ0v) is 26.0. The van der Waals surface area contributed by atoms with Gasteiger partial charge in [-0.1, -0.05) is 24.3 Å². The fraction of sp³-hybridized carbons (Fsp3) is 0.394. The maximum Gasteiger partial charge on any atom is 0.410 e. The highest BCUT2D eigenvalue weighted by Crippen LogP contribution is 2.41. The Morgan fingerprint density at radius 2 is 1.55 bits per heavy atom. The number of aryl methyl sites for hydroxylation is 2. The molecule has 1 aromatic heterocycles. The van der Waals surface area contributed by atoms with Crippen LogP contribution in [0.2, 0.25) is 0 Å². The minimum absolute atomic E-state index is 0.207. The van der Waals surface area contributed by atoms with Crippen molar-refractivity contribution in [2.24, 2.45) is 12.5 Å². The van der Waals surface area contributed by atoms with Crippen LogP contribution in [0.5, 0.6) is 0 Å². The van der Waals surface area contributed by atoms with Crippen molar-refractivity contribution in [3.8, 4) is 22.5 Å². The quantitative estimate of drug-likeness (QED) is 0.300. The van der Waals surface area contributed by atoms with Crippen molar-refractivity contribution in [3.05, 3.63) is 71.8 Å². The monoisotopic (exact) mass is 586 g/mol. The summed E-state index contributed by atoms with van der Waals surface area (Å²) in [6.07, 6.45) is 1.01. The van der Waals surface area contributed by atoms with Crippen molar-refractivity contribution in [1.29, 1.82) is 0 Å². The second-order valence-corrected chi connectivity index (χ2v) is 15.1. The average molecular weight is 587 g/mol. The molecule has 0 atom stereocenters. The van der Waals surface area contributed by atoms with Crippen LogP contribution in [-0.4, -0.2) is 71.9 Å². The molecule has 4 aromatic rings. The molecule has 2 aliphatic heterocycles. The number of carbonyl (C=O) groups excluding carboxylic acids is 1. The number of imidazole rings is 1. The lowest BCUT2D eigenvalue weighted by atomic mass is 9.73. The predicted octanol–water partition coefficient (Wildman–Crippen LogP) is 5.67. The first-order valence-corrected chi connectivity index (χ1v) is 16.2. The van der Waals surface area contributed by atoms with Crippen LogP contribution in [0.15, 0.2) is 65.6 Å². The van der Waals surface area contributed by atoms with Gasteiger partial charge in [-0.3, -0.25) is 4.90 Å². The highest BCUT2D eigenvalue weighted by atomic mass is 32.2. The number of aromatic nitrogens is 2. The Kier molecular flexibility index (Phi) is 6.74. The van der Waals surface area contributed by atoms with Crippen LogP contribution in [0, 0.1) is 12.3 Å². The molecule has 0 aliphatic carbocycles. The van der Waals surface area contributed by atoms with E-state index in [0.29, 0.717) is 4.90 Å². The maximum absolute atomic E-state index is 12.3. The Balaban J connectivity index is 1.12. The topological polar surface area (TPSA) is 84.7 Å². The second-order valence-electron chi connectivity index (χ2n) is 13.1. The fourth-order valence-electron chi connectivity index (χ4n) is 6.23. The summed E-state index contributed by atoms with van der Waals surface area (Å²) in [5, 5.41) is 0. The van der Waals surface area contributed by atoms with Crippen LogP contribution in [0.3, 0.4) is 0 Å². The summed E-state index contributed by atoms with van der Waals surface area (Å²) in [6.45, 7) is 12.2. The fourth-order valence-corrected chi connectivity index (χ4v) is 6.86. The number of amides is 1. The number of benzene rings is 3. The Morgan fingerprint density at radius 1 is 0.929 bits per heavy atom. The molecule has 220 valence electrons. The molecule has 1 spiro atoms. The molecule has 9 heteroatoms. The van der Waals surface area contributed by atoms with Crippen molar-refractivity contribution in [1.82, 2.24) is 19.4 Å². The predicted molar refractivity (Wildman–Crippen MR) is 165 cm³/mol. The van der Waals surface area contributed by atoms with E-state index < -0.39 is 15.4 Å². The molecule has 42 heavy (non-hydrogen) atoms. The third-order valence-electron chi connectivity index (χ3n) is 8.23. The highest BCUT2D eigenvalue weighted by Gasteiger charge is 2.53. The van der Waals surface area contributed by atoms with E-state index in [9.17, 15) is 13.2 Å². The molecule has 0 N–H and O–H groups in total. The Labute approximate surface area is 247 Å². The van der Waals surface area contributed by atoms with E-state index in [2.05, 4.69) is 52.8 Å². The second kappa shape index (κ2) is 9.95. The van der Waals surface area contributed by atoms with Crippen molar-refractivity contribution >= 4 is 27.0 Å². The number of rotatable bonds is 5. The van der Waals surface area contributed by atoms with Gasteiger partial charge in [-0.05, 0) is 86.3 Å². The number of nitrogens with zero attached hydrogens (tertiary/aromatic N) is 4. The summed E-state index contributed by atoms with van der Waals surface area (Å²) in [7, 11) is -1.25. The SMILES string of the molecule is Cc1cc(-c2ccc(CN3CC4(C3)CN(C(=O)OC(C)(C)C)C4)cc2)cc2c1nc(-c1ccc(S(C)(=O)=O)cc1)n2C. The van der Waals surface area contributed by atoms with Crippen LogP contribution < -0.4 is 0 Å². The van der Waals surface area contributed by atoms with Crippen LogP contribution in [0.25, 0.3) is 33.5 Å². The van der Waals surface area contributed by atoms with Gasteiger partial charge in [0, 0.05) is 57.0 Å². The van der Waals surface area contributed by atoms with E-state index in [-0.39, 0.29) is 11.5 Å². The number of likely N-dealkylation sites (tertiary alicyclic amines) is 2. The molecular weight excluding hydrogens is 548 g/mol. The van der Waals surface area contributed by atoms with E-state index in [1.165, 1.54) is 11.8 Å². The molecule has 0 unspecified atom stereocenters. The van der Waals surface area contributed by atoms with E-state index in [0.717, 1.165) is 71.8 Å². The molecule has 8 nitrogen and oxygen atoms in total. The normalized spacial score (nSPS) is 16.9. The number of ether oxygens (including phenoxy) is 1. The number of hydrogen-bond donors (Lipinski definition) is 0. The van der Waals surface area contributed by atoms with E-state index in [1.807, 2.05) is 44.9 Å². The standard InChI is InChI=1S/C33H38N4O4S/c1-22-15-26(16-28-29(22)34-30(35(28)5)25-11-13-27(14-12-25)42(6,39)40)24-9-7-23(8-10-24)17-36-18-33(19-36)20-37(21-33)31(38)41-32(2,3)4/h7-16H,17-21H2,1-6H3. The van der Waals surface area contributed by atoms with E-state index in [4.69, 9.17) is 9.72 Å². The highest BCUT2D eigenvalue weighted by molar-refractivity contribution is 7.90. The molecule has 0 bridgehead atoms. The summed E-state index contributed by atoms with van der Waals surface area (Å²) < 4.78 is 31.3. The van der Waals surface area contributed by atoms with Crippen LogP contribution in [0.1, 0.15) is 31.9 Å². The Hall–Kier alpha value is -3.69. The average Bonchev–Trinajstić information content (AvgIpc) is 3.20. The molecule has 2 aliphatic rings. The first-order chi connectivity index (χ1) is 19.7. The lowest BCUT2D eigenvalue weighted by Gasteiger charge is -2.60. The van der Waals surface area contributed by atoms with Crippen molar-refractivity contribution in [2.45, 2.75) is 44.7 Å². The van der Waals surface area contributed by atoms with Gasteiger partial charge in [0.2, 0.25) is 0 Å². The number of fused-ring (bicyclic) bond motifs is 1. The number of sulfone groups is 1. The minimum Gasteiger partial charge on any atom is -0.444 e. The van der Waals surface area contributed by atoms with Gasteiger partial charge in [0.15, 0.2) is 9.84 Å². The van der Waals surface area contributed by atoms with Gasteiger partial charge in [0.1, 0.15) is 11.4 Å². The minimum atomic E-state index is -3.25. The lowest BCUT2D eigenvalue weighted by molar-refractivity contribution is -0.115. The molecule has 0 radical (unpaired) electrons. The van der Waals surface area contributed by atoms with E-state index in [1.54, 1.807) is 12.1 Å². The van der Waals surface area contributed by atoms with Gasteiger partial charge in [-0.15, -0.1) is 0 Å². The number of carbonyl (C=O) groups is 1. The van der Waals surface area contributed by atoms with Crippen LogP contribution in [0.4, 0.5) is 4.79 Å². The Bertz CT molecular complexity index is 1770. The van der Waals surface area contributed by atoms with Crippen molar-refractivity contribution in [2.75, 3.05) is 32.4 Å². The molecule has 2 saturated heterocycles. The van der Waals surface area contributed by atoms with Gasteiger partial charge < -0.3 is 14.2 Å². The summed E-state index contributed by atoms with van der Waals surface area (Å²) in [5.41, 5.74) is 7.25. The molecular formula is C33H38N4O4S. The molecule has 3 aromatic carbocycles. The van der Waals surface area contributed by atoms with Crippen molar-refractivity contribution in [3.63, 3.8) is 0 Å². The molecule has 2 fully saturated rings. The van der Waals surface area contributed by atoms with Gasteiger partial charge in [-0.25, -0.2) is 18.2 Å². The largest absolute Gasteiger partial charge is 0.444 e. The first kappa shape index (κ1) is 28.4. The van der Waals surface area contributed by atoms with E-state index >= 15 is 0 Å². The summed E-state index contributed by atoms with van der Waals surface area (Å²) >= 11 is 0. The van der Waals surface area contributed by atoms with Crippen LogP contribution >= 0.6 is 0 Å². The Morgan fingerprint density at radius 3 is 2.14 bits per heavy atom. The van der Waals surface area contributed by atoms with Gasteiger partial charge in [0.25, 0.3) is 0 Å².